The highest BCUT2D eigenvalue weighted by atomic mass is 16.1. The number of ketones is 1. The van der Waals surface area contributed by atoms with Crippen molar-refractivity contribution in [2.45, 2.75) is 110 Å². The van der Waals surface area contributed by atoms with Gasteiger partial charge in [-0.25, -0.2) is 0 Å². The predicted octanol–water partition coefficient (Wildman–Crippen LogP) is 8.08. The second kappa shape index (κ2) is 9.89. The van der Waals surface area contributed by atoms with Crippen LogP contribution in [0, 0.1) is 11.3 Å². The Kier molecular flexibility index (Phi) is 7.56. The maximum Gasteiger partial charge on any atom is 0.162 e. The minimum atomic E-state index is 0.270. The van der Waals surface area contributed by atoms with Crippen molar-refractivity contribution < 1.29 is 4.79 Å². The van der Waals surface area contributed by atoms with Crippen LogP contribution in [0.25, 0.3) is 0 Å². The number of rotatable bonds is 9. The number of unbranched alkanes of at least 4 members (excludes halogenated alkanes) is 4. The van der Waals surface area contributed by atoms with Crippen LogP contribution in [-0.4, -0.2) is 5.78 Å². The second-order valence-corrected chi connectivity index (χ2v) is 9.22. The SMILES string of the molecule is CCCCCCC[C@@]12CCCC[C@H]1CCCC2c1ccc(C(=O)CC)cc1. The van der Waals surface area contributed by atoms with Gasteiger partial charge in [0.1, 0.15) is 0 Å². The van der Waals surface area contributed by atoms with E-state index < -0.39 is 0 Å². The molecule has 2 fully saturated rings. The average molecular weight is 369 g/mol. The van der Waals surface area contributed by atoms with Crippen LogP contribution in [0.15, 0.2) is 24.3 Å². The maximum absolute atomic E-state index is 12.0. The van der Waals surface area contributed by atoms with Gasteiger partial charge in [-0.1, -0.05) is 89.5 Å². The van der Waals surface area contributed by atoms with Gasteiger partial charge in [-0.05, 0) is 54.9 Å². The first kappa shape index (κ1) is 20.6. The number of carbonyl (C=O) groups excluding carboxylic acids is 1. The molecule has 3 rings (SSSR count). The van der Waals surface area contributed by atoms with E-state index in [4.69, 9.17) is 0 Å². The summed E-state index contributed by atoms with van der Waals surface area (Å²) in [6.45, 7) is 4.26. The molecule has 1 aromatic carbocycles. The summed E-state index contributed by atoms with van der Waals surface area (Å²) in [5, 5.41) is 0. The highest BCUT2D eigenvalue weighted by Crippen LogP contribution is 2.59. The Bertz CT molecular complexity index is 585. The Hall–Kier alpha value is -1.11. The van der Waals surface area contributed by atoms with E-state index in [2.05, 4.69) is 31.2 Å². The van der Waals surface area contributed by atoms with Crippen LogP contribution in [-0.2, 0) is 0 Å². The monoisotopic (exact) mass is 368 g/mol. The summed E-state index contributed by atoms with van der Waals surface area (Å²) >= 11 is 0. The van der Waals surface area contributed by atoms with Crippen molar-refractivity contribution in [3.05, 3.63) is 35.4 Å². The lowest BCUT2D eigenvalue weighted by Gasteiger charge is -2.53. The van der Waals surface area contributed by atoms with E-state index in [1.54, 1.807) is 0 Å². The van der Waals surface area contributed by atoms with Crippen molar-refractivity contribution in [3.63, 3.8) is 0 Å². The smallest absolute Gasteiger partial charge is 0.162 e. The average Bonchev–Trinajstić information content (AvgIpc) is 2.72. The molecule has 0 aliphatic heterocycles. The lowest BCUT2D eigenvalue weighted by Crippen LogP contribution is -2.42. The molecular weight excluding hydrogens is 328 g/mol. The van der Waals surface area contributed by atoms with Crippen molar-refractivity contribution in [1.29, 1.82) is 0 Å². The van der Waals surface area contributed by atoms with Gasteiger partial charge in [0, 0.05) is 12.0 Å². The van der Waals surface area contributed by atoms with E-state index in [0.717, 1.165) is 11.5 Å². The third kappa shape index (κ3) is 4.66. The fourth-order valence-electron chi connectivity index (χ4n) is 6.25. The van der Waals surface area contributed by atoms with Crippen molar-refractivity contribution in [1.82, 2.24) is 0 Å². The molecule has 0 radical (unpaired) electrons. The molecule has 27 heavy (non-hydrogen) atoms. The van der Waals surface area contributed by atoms with Gasteiger partial charge in [0.25, 0.3) is 0 Å². The Morgan fingerprint density at radius 2 is 1.67 bits per heavy atom. The molecule has 2 aliphatic rings. The van der Waals surface area contributed by atoms with Crippen molar-refractivity contribution in [2.75, 3.05) is 0 Å². The molecule has 0 saturated heterocycles. The summed E-state index contributed by atoms with van der Waals surface area (Å²) in [7, 11) is 0. The maximum atomic E-state index is 12.0. The molecule has 2 saturated carbocycles. The Labute approximate surface area is 167 Å². The largest absolute Gasteiger partial charge is 0.294 e. The minimum Gasteiger partial charge on any atom is -0.294 e. The van der Waals surface area contributed by atoms with Gasteiger partial charge < -0.3 is 0 Å². The molecule has 150 valence electrons. The molecule has 0 N–H and O–H groups in total. The van der Waals surface area contributed by atoms with Crippen LogP contribution in [0.3, 0.4) is 0 Å². The fraction of sp³-hybridized carbons (Fsp3) is 0.731. The number of hydrogen-bond donors (Lipinski definition) is 0. The molecule has 0 aromatic heterocycles. The van der Waals surface area contributed by atoms with Gasteiger partial charge in [-0.3, -0.25) is 4.79 Å². The number of hydrogen-bond acceptors (Lipinski definition) is 1. The van der Waals surface area contributed by atoms with E-state index in [1.807, 2.05) is 6.92 Å². The summed E-state index contributed by atoms with van der Waals surface area (Å²) in [6, 6.07) is 8.79. The predicted molar refractivity (Wildman–Crippen MR) is 115 cm³/mol. The zero-order chi connectivity index (χ0) is 19.1. The Balaban J connectivity index is 1.78. The van der Waals surface area contributed by atoms with Crippen molar-refractivity contribution >= 4 is 5.78 Å². The van der Waals surface area contributed by atoms with E-state index in [1.165, 1.54) is 89.0 Å². The van der Waals surface area contributed by atoms with Crippen molar-refractivity contribution in [3.8, 4) is 0 Å². The van der Waals surface area contributed by atoms with Gasteiger partial charge >= 0.3 is 0 Å². The van der Waals surface area contributed by atoms with Gasteiger partial charge in [0.05, 0.1) is 0 Å². The summed E-state index contributed by atoms with van der Waals surface area (Å²) in [5.41, 5.74) is 2.95. The molecule has 0 spiro atoms. The van der Waals surface area contributed by atoms with Gasteiger partial charge in [-0.15, -0.1) is 0 Å². The highest BCUT2D eigenvalue weighted by molar-refractivity contribution is 5.95. The number of carbonyl (C=O) groups is 1. The lowest BCUT2D eigenvalue weighted by molar-refractivity contribution is 0.00966. The molecular formula is C26H40O. The zero-order valence-corrected chi connectivity index (χ0v) is 17.8. The zero-order valence-electron chi connectivity index (χ0n) is 17.8. The van der Waals surface area contributed by atoms with E-state index in [-0.39, 0.29) is 5.78 Å². The molecule has 1 unspecified atom stereocenters. The van der Waals surface area contributed by atoms with E-state index in [0.29, 0.717) is 17.8 Å². The molecule has 0 bridgehead atoms. The first-order chi connectivity index (χ1) is 13.2. The topological polar surface area (TPSA) is 17.1 Å². The summed E-state index contributed by atoms with van der Waals surface area (Å²) < 4.78 is 0. The van der Waals surface area contributed by atoms with Gasteiger partial charge in [0.15, 0.2) is 5.78 Å². The molecule has 1 heteroatoms. The van der Waals surface area contributed by atoms with Crippen LogP contribution < -0.4 is 0 Å². The molecule has 2 aliphatic carbocycles. The summed E-state index contributed by atoms with van der Waals surface area (Å²) in [4.78, 5) is 12.0. The molecule has 0 amide bonds. The Morgan fingerprint density at radius 3 is 2.41 bits per heavy atom. The number of benzene rings is 1. The fourth-order valence-corrected chi connectivity index (χ4v) is 6.25. The minimum absolute atomic E-state index is 0.270. The molecule has 3 atom stereocenters. The Morgan fingerprint density at radius 1 is 0.926 bits per heavy atom. The standard InChI is InChI=1S/C26H40O/c1-3-5-6-7-9-19-26-20-10-8-12-23(26)13-11-14-24(26)21-15-17-22(18-16-21)25(27)4-2/h15-18,23-24H,3-14,19-20H2,1-2H3/t23-,24?,26+/m0/s1. The van der Waals surface area contributed by atoms with Crippen LogP contribution in [0.2, 0.25) is 0 Å². The van der Waals surface area contributed by atoms with Crippen LogP contribution in [0.1, 0.15) is 126 Å². The van der Waals surface area contributed by atoms with E-state index in [9.17, 15) is 4.79 Å². The van der Waals surface area contributed by atoms with Gasteiger partial charge in [0.2, 0.25) is 0 Å². The third-order valence-electron chi connectivity index (χ3n) is 7.70. The quantitative estimate of drug-likeness (QED) is 0.318. The first-order valence-electron chi connectivity index (χ1n) is 11.8. The summed E-state index contributed by atoms with van der Waals surface area (Å²) in [5.74, 6) is 1.92. The normalized spacial score (nSPS) is 27.9. The number of fused-ring (bicyclic) bond motifs is 1. The second-order valence-electron chi connectivity index (χ2n) is 9.22. The molecule has 1 aromatic rings. The lowest BCUT2D eigenvalue weighted by atomic mass is 9.51. The summed E-state index contributed by atoms with van der Waals surface area (Å²) in [6.07, 6.45) is 19.0. The van der Waals surface area contributed by atoms with Crippen LogP contribution in [0.5, 0.6) is 0 Å². The van der Waals surface area contributed by atoms with E-state index >= 15 is 0 Å². The number of Topliss-reactive ketones (excluding diaryl/α,β-unsaturated/α-hetero) is 1. The van der Waals surface area contributed by atoms with Crippen LogP contribution in [0.4, 0.5) is 0 Å². The van der Waals surface area contributed by atoms with Crippen molar-refractivity contribution in [2.24, 2.45) is 11.3 Å². The molecule has 0 heterocycles. The van der Waals surface area contributed by atoms with Crippen LogP contribution >= 0.6 is 0 Å². The molecule has 1 nitrogen and oxygen atoms in total. The van der Waals surface area contributed by atoms with Gasteiger partial charge in [-0.2, -0.15) is 0 Å². The highest BCUT2D eigenvalue weighted by Gasteiger charge is 2.48. The first-order valence-corrected chi connectivity index (χ1v) is 11.8. The third-order valence-corrected chi connectivity index (χ3v) is 7.70.